The summed E-state index contributed by atoms with van der Waals surface area (Å²) in [5.41, 5.74) is 1.83. The fourth-order valence-electron chi connectivity index (χ4n) is 2.68. The van der Waals surface area contributed by atoms with Crippen LogP contribution in [0.5, 0.6) is 0 Å². The Morgan fingerprint density at radius 3 is 2.87 bits per heavy atom. The maximum atomic E-state index is 12.2. The van der Waals surface area contributed by atoms with Crippen LogP contribution in [-0.2, 0) is 11.2 Å². The topological polar surface area (TPSA) is 75.2 Å². The van der Waals surface area contributed by atoms with E-state index in [1.54, 1.807) is 6.92 Å². The third-order valence-corrected chi connectivity index (χ3v) is 4.75. The summed E-state index contributed by atoms with van der Waals surface area (Å²) in [6, 6.07) is 9.93. The van der Waals surface area contributed by atoms with Crippen LogP contribution in [0.2, 0.25) is 0 Å². The van der Waals surface area contributed by atoms with Crippen molar-refractivity contribution in [3.8, 4) is 0 Å². The van der Waals surface area contributed by atoms with Crippen LogP contribution in [0.25, 0.3) is 0 Å². The highest BCUT2D eigenvalue weighted by atomic mass is 32.1. The predicted octanol–water partition coefficient (Wildman–Crippen LogP) is 1.42. The van der Waals surface area contributed by atoms with Gasteiger partial charge in [0.25, 0.3) is 5.91 Å². The third-order valence-electron chi connectivity index (χ3n) is 3.92. The molecule has 0 unspecified atom stereocenters. The van der Waals surface area contributed by atoms with Gasteiger partial charge in [-0.3, -0.25) is 9.59 Å². The van der Waals surface area contributed by atoms with E-state index in [0.29, 0.717) is 30.1 Å². The number of likely N-dealkylation sites (tertiary alicyclic amines) is 1. The average Bonchev–Trinajstić information content (AvgIpc) is 3.12. The first-order valence-electron chi connectivity index (χ1n) is 7.55. The zero-order valence-electron chi connectivity index (χ0n) is 12.9. The zero-order chi connectivity index (χ0) is 16.2. The molecule has 1 aliphatic rings. The SMILES string of the molecule is Cc1nnsc1C(=O)N[C@H]1CC(=O)N(CCc2ccccc2)C1. The van der Waals surface area contributed by atoms with Gasteiger partial charge in [0.05, 0.1) is 11.7 Å². The van der Waals surface area contributed by atoms with Crippen molar-refractivity contribution in [2.24, 2.45) is 0 Å². The summed E-state index contributed by atoms with van der Waals surface area (Å²) in [5.74, 6) is -0.106. The van der Waals surface area contributed by atoms with Gasteiger partial charge in [0, 0.05) is 19.5 Å². The van der Waals surface area contributed by atoms with Crippen LogP contribution < -0.4 is 5.32 Å². The Labute approximate surface area is 138 Å². The lowest BCUT2D eigenvalue weighted by Crippen LogP contribution is -2.37. The number of rotatable bonds is 5. The van der Waals surface area contributed by atoms with Gasteiger partial charge in [-0.25, -0.2) is 0 Å². The van der Waals surface area contributed by atoms with Crippen molar-refractivity contribution >= 4 is 23.3 Å². The largest absolute Gasteiger partial charge is 0.346 e. The Kier molecular flexibility index (Phi) is 4.66. The van der Waals surface area contributed by atoms with E-state index >= 15 is 0 Å². The second-order valence-electron chi connectivity index (χ2n) is 5.64. The van der Waals surface area contributed by atoms with Gasteiger partial charge in [-0.05, 0) is 30.4 Å². The maximum Gasteiger partial charge on any atom is 0.265 e. The summed E-state index contributed by atoms with van der Waals surface area (Å²) in [6.07, 6.45) is 1.18. The summed E-state index contributed by atoms with van der Waals surface area (Å²) >= 11 is 1.08. The van der Waals surface area contributed by atoms with E-state index < -0.39 is 0 Å². The predicted molar refractivity (Wildman–Crippen MR) is 87.2 cm³/mol. The minimum atomic E-state index is -0.194. The first-order valence-corrected chi connectivity index (χ1v) is 8.32. The summed E-state index contributed by atoms with van der Waals surface area (Å²) in [6.45, 7) is 2.99. The molecule has 1 fully saturated rings. The highest BCUT2D eigenvalue weighted by Crippen LogP contribution is 2.15. The van der Waals surface area contributed by atoms with Crippen LogP contribution in [0.1, 0.15) is 27.3 Å². The van der Waals surface area contributed by atoms with E-state index in [2.05, 4.69) is 27.0 Å². The summed E-state index contributed by atoms with van der Waals surface area (Å²) in [4.78, 5) is 26.6. The molecule has 23 heavy (non-hydrogen) atoms. The van der Waals surface area contributed by atoms with Crippen molar-refractivity contribution < 1.29 is 9.59 Å². The lowest BCUT2D eigenvalue weighted by molar-refractivity contribution is -0.127. The van der Waals surface area contributed by atoms with Crippen LogP contribution >= 0.6 is 11.5 Å². The quantitative estimate of drug-likeness (QED) is 0.900. The molecule has 6 nitrogen and oxygen atoms in total. The van der Waals surface area contributed by atoms with Crippen molar-refractivity contribution in [1.29, 1.82) is 0 Å². The first-order chi connectivity index (χ1) is 11.1. The fourth-order valence-corrected chi connectivity index (χ4v) is 3.24. The van der Waals surface area contributed by atoms with Gasteiger partial charge in [0.1, 0.15) is 4.88 Å². The normalized spacial score (nSPS) is 17.5. The van der Waals surface area contributed by atoms with Crippen LogP contribution in [0.15, 0.2) is 30.3 Å². The van der Waals surface area contributed by atoms with Gasteiger partial charge >= 0.3 is 0 Å². The molecule has 7 heteroatoms. The minimum absolute atomic E-state index is 0.0883. The Hall–Kier alpha value is -2.28. The highest BCUT2D eigenvalue weighted by Gasteiger charge is 2.31. The molecule has 2 heterocycles. The number of benzene rings is 1. The van der Waals surface area contributed by atoms with Crippen molar-refractivity contribution in [3.05, 3.63) is 46.5 Å². The zero-order valence-corrected chi connectivity index (χ0v) is 13.7. The second kappa shape index (κ2) is 6.87. The van der Waals surface area contributed by atoms with Gasteiger partial charge in [-0.2, -0.15) is 0 Å². The second-order valence-corrected chi connectivity index (χ2v) is 6.39. The lowest BCUT2D eigenvalue weighted by Gasteiger charge is -2.17. The number of nitrogens with one attached hydrogen (secondary N) is 1. The van der Waals surface area contributed by atoms with E-state index in [9.17, 15) is 9.59 Å². The fraction of sp³-hybridized carbons (Fsp3) is 0.375. The Morgan fingerprint density at radius 1 is 1.39 bits per heavy atom. The molecule has 0 aliphatic carbocycles. The maximum absolute atomic E-state index is 12.2. The molecule has 0 saturated carbocycles. The Bertz CT molecular complexity index is 701. The standard InChI is InChI=1S/C16H18N4O2S/c1-11-15(23-19-18-11)16(22)17-13-9-14(21)20(10-13)8-7-12-5-3-2-4-6-12/h2-6,13H,7-10H2,1H3,(H,17,22)/t13-/m0/s1. The van der Waals surface area contributed by atoms with Gasteiger partial charge in [-0.1, -0.05) is 34.8 Å². The molecule has 2 amide bonds. The molecule has 1 saturated heterocycles. The molecule has 1 aliphatic heterocycles. The van der Waals surface area contributed by atoms with Gasteiger partial charge < -0.3 is 10.2 Å². The van der Waals surface area contributed by atoms with E-state index in [4.69, 9.17) is 0 Å². The Morgan fingerprint density at radius 2 is 2.17 bits per heavy atom. The van der Waals surface area contributed by atoms with Gasteiger partial charge in [0.2, 0.25) is 5.91 Å². The molecule has 120 valence electrons. The average molecular weight is 330 g/mol. The number of carbonyl (C=O) groups is 2. The van der Waals surface area contributed by atoms with E-state index in [1.165, 1.54) is 5.56 Å². The van der Waals surface area contributed by atoms with E-state index in [0.717, 1.165) is 18.0 Å². The molecule has 1 aromatic heterocycles. The van der Waals surface area contributed by atoms with Crippen LogP contribution in [0.3, 0.4) is 0 Å². The lowest BCUT2D eigenvalue weighted by atomic mass is 10.1. The molecule has 1 atom stereocenters. The molecule has 0 radical (unpaired) electrons. The van der Waals surface area contributed by atoms with E-state index in [1.807, 2.05) is 23.1 Å². The summed E-state index contributed by atoms with van der Waals surface area (Å²) in [5, 5.41) is 6.75. The number of aromatic nitrogens is 2. The number of amides is 2. The summed E-state index contributed by atoms with van der Waals surface area (Å²) < 4.78 is 3.76. The number of carbonyl (C=O) groups excluding carboxylic acids is 2. The number of hydrogen-bond donors (Lipinski definition) is 1. The molecular formula is C16H18N4O2S. The number of aryl methyl sites for hydroxylation is 1. The van der Waals surface area contributed by atoms with Crippen molar-refractivity contribution in [1.82, 2.24) is 19.8 Å². The van der Waals surface area contributed by atoms with Gasteiger partial charge in [-0.15, -0.1) is 5.10 Å². The van der Waals surface area contributed by atoms with E-state index in [-0.39, 0.29) is 17.9 Å². The third kappa shape index (κ3) is 3.73. The van der Waals surface area contributed by atoms with Crippen LogP contribution in [0.4, 0.5) is 0 Å². The molecule has 0 bridgehead atoms. The monoisotopic (exact) mass is 330 g/mol. The molecule has 1 aromatic carbocycles. The molecule has 1 N–H and O–H groups in total. The van der Waals surface area contributed by atoms with Crippen LogP contribution in [0, 0.1) is 6.92 Å². The molecular weight excluding hydrogens is 312 g/mol. The first kappa shape index (κ1) is 15.6. The number of hydrogen-bond acceptors (Lipinski definition) is 5. The summed E-state index contributed by atoms with van der Waals surface area (Å²) in [7, 11) is 0. The molecule has 3 rings (SSSR count). The van der Waals surface area contributed by atoms with Gasteiger partial charge in [0.15, 0.2) is 0 Å². The van der Waals surface area contributed by atoms with Crippen LogP contribution in [-0.4, -0.2) is 45.4 Å². The number of nitrogens with zero attached hydrogens (tertiary/aromatic N) is 3. The van der Waals surface area contributed by atoms with Crippen molar-refractivity contribution in [2.45, 2.75) is 25.8 Å². The highest BCUT2D eigenvalue weighted by molar-refractivity contribution is 7.08. The smallest absolute Gasteiger partial charge is 0.265 e. The van der Waals surface area contributed by atoms with Crippen molar-refractivity contribution in [2.75, 3.05) is 13.1 Å². The molecule has 0 spiro atoms. The molecule has 2 aromatic rings. The Balaban J connectivity index is 1.53. The van der Waals surface area contributed by atoms with Crippen molar-refractivity contribution in [3.63, 3.8) is 0 Å². The minimum Gasteiger partial charge on any atom is -0.346 e.